The number of carboxylic acid groups (broad SMARTS) is 1. The molecule has 2 N–H and O–H groups in total. The van der Waals surface area contributed by atoms with Crippen molar-refractivity contribution in [2.75, 3.05) is 17.7 Å². The third-order valence-corrected chi connectivity index (χ3v) is 1.80. The second-order valence-corrected chi connectivity index (χ2v) is 2.79. The van der Waals surface area contributed by atoms with Gasteiger partial charge >= 0.3 is 5.97 Å². The molecular formula is C5H6ClN3O2S. The fraction of sp³-hybridized carbons (Fsp3) is 0.400. The summed E-state index contributed by atoms with van der Waals surface area (Å²) in [6.45, 7) is 0.479. The number of aromatic nitrogens is 2. The van der Waals surface area contributed by atoms with Gasteiger partial charge in [0.15, 0.2) is 5.82 Å². The van der Waals surface area contributed by atoms with Crippen molar-refractivity contribution in [1.29, 1.82) is 0 Å². The van der Waals surface area contributed by atoms with E-state index in [-0.39, 0.29) is 11.5 Å². The average molecular weight is 208 g/mol. The van der Waals surface area contributed by atoms with Crippen LogP contribution < -0.4 is 5.32 Å². The van der Waals surface area contributed by atoms with Crippen LogP contribution in [0.5, 0.6) is 0 Å². The number of carbonyl (C=O) groups is 1. The van der Waals surface area contributed by atoms with E-state index in [1.54, 1.807) is 0 Å². The molecule has 0 saturated heterocycles. The van der Waals surface area contributed by atoms with Gasteiger partial charge in [0.25, 0.3) is 0 Å². The van der Waals surface area contributed by atoms with Crippen LogP contribution in [0, 0.1) is 0 Å². The zero-order chi connectivity index (χ0) is 8.97. The Balaban J connectivity index is 2.70. The maximum Gasteiger partial charge on any atom is 0.359 e. The van der Waals surface area contributed by atoms with Crippen LogP contribution in [0.15, 0.2) is 0 Å². The molecule has 0 spiro atoms. The normalized spacial score (nSPS) is 9.75. The smallest absolute Gasteiger partial charge is 0.359 e. The Morgan fingerprint density at radius 2 is 2.42 bits per heavy atom. The first-order valence-corrected chi connectivity index (χ1v) is 4.38. The summed E-state index contributed by atoms with van der Waals surface area (Å²) in [7, 11) is 0. The van der Waals surface area contributed by atoms with Gasteiger partial charge in [-0.1, -0.05) is 0 Å². The third kappa shape index (κ3) is 2.05. The molecule has 0 aromatic carbocycles. The summed E-state index contributed by atoms with van der Waals surface area (Å²) in [4.78, 5) is 10.5. The average Bonchev–Trinajstić information content (AvgIpc) is 2.48. The van der Waals surface area contributed by atoms with E-state index in [0.717, 1.165) is 11.7 Å². The van der Waals surface area contributed by atoms with Gasteiger partial charge in [-0.3, -0.25) is 0 Å². The standard InChI is InChI=1S/C5H6ClN3O2S/c6-1-2-7-4-3(5(10)11)8-12-9-4/h1-2H2,(H,7,9)(H,10,11). The van der Waals surface area contributed by atoms with Gasteiger partial charge in [-0.05, 0) is 0 Å². The predicted octanol–water partition coefficient (Wildman–Crippen LogP) is 0.887. The molecule has 1 heterocycles. The minimum Gasteiger partial charge on any atom is -0.476 e. The number of hydrogen-bond acceptors (Lipinski definition) is 5. The summed E-state index contributed by atoms with van der Waals surface area (Å²) < 4.78 is 7.35. The van der Waals surface area contributed by atoms with Gasteiger partial charge in [0.2, 0.25) is 5.69 Å². The molecule has 0 unspecified atom stereocenters. The number of hydrogen-bond donors (Lipinski definition) is 2. The number of alkyl halides is 1. The SMILES string of the molecule is O=C(O)c1nsnc1NCCCl. The molecule has 12 heavy (non-hydrogen) atoms. The van der Waals surface area contributed by atoms with Crippen LogP contribution in [-0.2, 0) is 0 Å². The van der Waals surface area contributed by atoms with Gasteiger partial charge < -0.3 is 10.4 Å². The number of rotatable bonds is 4. The molecule has 1 rings (SSSR count). The second-order valence-electron chi connectivity index (χ2n) is 1.88. The van der Waals surface area contributed by atoms with Crippen LogP contribution >= 0.6 is 23.3 Å². The molecule has 0 radical (unpaired) electrons. The fourth-order valence-electron chi connectivity index (χ4n) is 0.611. The number of anilines is 1. The van der Waals surface area contributed by atoms with Crippen molar-refractivity contribution in [3.63, 3.8) is 0 Å². The number of halogens is 1. The van der Waals surface area contributed by atoms with E-state index in [2.05, 4.69) is 14.1 Å². The fourth-order valence-corrected chi connectivity index (χ4v) is 1.22. The van der Waals surface area contributed by atoms with Crippen LogP contribution in [-0.4, -0.2) is 32.2 Å². The second kappa shape index (κ2) is 4.22. The van der Waals surface area contributed by atoms with E-state index in [0.29, 0.717) is 12.4 Å². The van der Waals surface area contributed by atoms with Gasteiger partial charge in [-0.2, -0.15) is 8.75 Å². The van der Waals surface area contributed by atoms with Crippen molar-refractivity contribution in [2.45, 2.75) is 0 Å². The van der Waals surface area contributed by atoms with E-state index in [1.165, 1.54) is 0 Å². The first-order chi connectivity index (χ1) is 5.75. The third-order valence-electron chi connectivity index (χ3n) is 1.08. The van der Waals surface area contributed by atoms with Crippen molar-refractivity contribution in [1.82, 2.24) is 8.75 Å². The zero-order valence-corrected chi connectivity index (χ0v) is 7.52. The number of nitrogens with one attached hydrogen (secondary N) is 1. The van der Waals surface area contributed by atoms with Crippen molar-refractivity contribution >= 4 is 35.1 Å². The summed E-state index contributed by atoms with van der Waals surface area (Å²) in [5.74, 6) is -0.398. The lowest BCUT2D eigenvalue weighted by molar-refractivity contribution is 0.0693. The summed E-state index contributed by atoms with van der Waals surface area (Å²) in [5, 5.41) is 11.3. The largest absolute Gasteiger partial charge is 0.476 e. The predicted molar refractivity (Wildman–Crippen MR) is 46.1 cm³/mol. The Kier molecular flexibility index (Phi) is 3.24. The lowest BCUT2D eigenvalue weighted by Crippen LogP contribution is -2.08. The lowest BCUT2D eigenvalue weighted by Gasteiger charge is -1.98. The Morgan fingerprint density at radius 1 is 1.67 bits per heavy atom. The molecule has 0 aliphatic heterocycles. The molecule has 0 bridgehead atoms. The molecular weight excluding hydrogens is 202 g/mol. The Hall–Kier alpha value is -0.880. The van der Waals surface area contributed by atoms with Gasteiger partial charge in [0.1, 0.15) is 0 Å². The molecule has 0 atom stereocenters. The Bertz CT molecular complexity index is 277. The van der Waals surface area contributed by atoms with E-state index in [1.807, 2.05) is 0 Å². The molecule has 0 saturated carbocycles. The highest BCUT2D eigenvalue weighted by Crippen LogP contribution is 2.11. The first-order valence-electron chi connectivity index (χ1n) is 3.11. The minimum atomic E-state index is -1.08. The van der Waals surface area contributed by atoms with E-state index < -0.39 is 5.97 Å². The summed E-state index contributed by atoms with van der Waals surface area (Å²) >= 11 is 6.25. The lowest BCUT2D eigenvalue weighted by atomic mass is 10.4. The minimum absolute atomic E-state index is 0.0508. The van der Waals surface area contributed by atoms with Gasteiger partial charge in [-0.25, -0.2) is 4.79 Å². The summed E-state index contributed by atoms with van der Waals surface area (Å²) in [6, 6.07) is 0. The molecule has 5 nitrogen and oxygen atoms in total. The van der Waals surface area contributed by atoms with Crippen LogP contribution in [0.2, 0.25) is 0 Å². The highest BCUT2D eigenvalue weighted by Gasteiger charge is 2.13. The molecule has 7 heteroatoms. The Labute approximate surface area is 77.7 Å². The van der Waals surface area contributed by atoms with E-state index >= 15 is 0 Å². The topological polar surface area (TPSA) is 75.1 Å². The van der Waals surface area contributed by atoms with Crippen molar-refractivity contribution in [2.24, 2.45) is 0 Å². The molecule has 1 aromatic heterocycles. The van der Waals surface area contributed by atoms with Crippen molar-refractivity contribution in [3.05, 3.63) is 5.69 Å². The van der Waals surface area contributed by atoms with E-state index in [4.69, 9.17) is 16.7 Å². The molecule has 66 valence electrons. The maximum atomic E-state index is 10.5. The summed E-state index contributed by atoms with van der Waals surface area (Å²) in [6.07, 6.45) is 0. The summed E-state index contributed by atoms with van der Waals surface area (Å²) in [5.41, 5.74) is -0.0508. The van der Waals surface area contributed by atoms with Crippen molar-refractivity contribution < 1.29 is 9.90 Å². The molecule has 0 aliphatic rings. The maximum absolute atomic E-state index is 10.5. The Morgan fingerprint density at radius 3 is 3.00 bits per heavy atom. The highest BCUT2D eigenvalue weighted by atomic mass is 35.5. The zero-order valence-electron chi connectivity index (χ0n) is 5.95. The van der Waals surface area contributed by atoms with Gasteiger partial charge in [0, 0.05) is 12.4 Å². The van der Waals surface area contributed by atoms with Gasteiger partial charge in [-0.15, -0.1) is 11.6 Å². The van der Waals surface area contributed by atoms with Crippen LogP contribution in [0.25, 0.3) is 0 Å². The van der Waals surface area contributed by atoms with Gasteiger partial charge in [0.05, 0.1) is 11.7 Å². The number of aromatic carboxylic acids is 1. The molecule has 1 aromatic rings. The molecule has 0 fully saturated rings. The highest BCUT2D eigenvalue weighted by molar-refractivity contribution is 6.99. The van der Waals surface area contributed by atoms with Crippen molar-refractivity contribution in [3.8, 4) is 0 Å². The van der Waals surface area contributed by atoms with Crippen LogP contribution in [0.1, 0.15) is 10.5 Å². The first kappa shape index (κ1) is 9.21. The number of carboxylic acids is 1. The van der Waals surface area contributed by atoms with Crippen LogP contribution in [0.3, 0.4) is 0 Å². The monoisotopic (exact) mass is 207 g/mol. The molecule has 0 amide bonds. The van der Waals surface area contributed by atoms with Crippen LogP contribution in [0.4, 0.5) is 5.82 Å². The number of nitrogens with zero attached hydrogens (tertiary/aromatic N) is 2. The van der Waals surface area contributed by atoms with E-state index in [9.17, 15) is 4.79 Å². The quantitative estimate of drug-likeness (QED) is 0.718. The molecule has 0 aliphatic carbocycles.